The van der Waals surface area contributed by atoms with Gasteiger partial charge in [-0.3, -0.25) is 10.1 Å². The first kappa shape index (κ1) is 20.9. The lowest BCUT2D eigenvalue weighted by Gasteiger charge is -2.08. The molecule has 3 amide bonds. The van der Waals surface area contributed by atoms with Gasteiger partial charge < -0.3 is 15.4 Å². The molecule has 0 spiro atoms. The number of anilines is 2. The maximum absolute atomic E-state index is 12.5. The second-order valence-electron chi connectivity index (χ2n) is 6.96. The summed E-state index contributed by atoms with van der Waals surface area (Å²) in [6, 6.07) is 10.7. The second-order valence-corrected chi connectivity index (χ2v) is 7.99. The number of benzene rings is 2. The zero-order valence-electron chi connectivity index (χ0n) is 16.0. The fourth-order valence-electron chi connectivity index (χ4n) is 2.67. The highest BCUT2D eigenvalue weighted by molar-refractivity contribution is 7.22. The highest BCUT2D eigenvalue weighted by atomic mass is 32.1. The lowest BCUT2D eigenvalue weighted by Crippen LogP contribution is -2.30. The Morgan fingerprint density at radius 1 is 1.10 bits per heavy atom. The van der Waals surface area contributed by atoms with Crippen molar-refractivity contribution in [2.75, 3.05) is 17.2 Å². The molecule has 1 aliphatic rings. The van der Waals surface area contributed by atoms with Gasteiger partial charge in [-0.2, -0.15) is 13.2 Å². The fourth-order valence-corrected chi connectivity index (χ4v) is 3.56. The van der Waals surface area contributed by atoms with Crippen LogP contribution < -0.4 is 20.7 Å². The average Bonchev–Trinajstić information content (AvgIpc) is 3.42. The van der Waals surface area contributed by atoms with Crippen molar-refractivity contribution in [1.29, 1.82) is 0 Å². The van der Waals surface area contributed by atoms with E-state index in [1.54, 1.807) is 24.3 Å². The minimum Gasteiger partial charge on any atom is -0.484 e. The van der Waals surface area contributed by atoms with E-state index in [1.165, 1.54) is 18.2 Å². The van der Waals surface area contributed by atoms with Gasteiger partial charge in [-0.25, -0.2) is 9.78 Å². The summed E-state index contributed by atoms with van der Waals surface area (Å²) >= 11 is 1.12. The molecule has 1 saturated carbocycles. The van der Waals surface area contributed by atoms with E-state index in [2.05, 4.69) is 20.9 Å². The van der Waals surface area contributed by atoms with E-state index in [9.17, 15) is 22.8 Å². The summed E-state index contributed by atoms with van der Waals surface area (Å²) in [7, 11) is 0. The molecule has 1 heterocycles. The minimum atomic E-state index is -4.42. The molecule has 0 unspecified atom stereocenters. The number of hydrogen-bond donors (Lipinski definition) is 3. The standard InChI is InChI=1S/C20H17F3N4O3S/c21-20(22,23)10-30-14-7-8-15-16(9-14)31-19(26-15)27-17(28)11-1-3-12(4-2-11)24-18(29)25-13-5-6-13/h1-4,7-9,13H,5-6,10H2,(H2,24,25,29)(H,26,27,28). The first-order valence-electron chi connectivity index (χ1n) is 9.34. The van der Waals surface area contributed by atoms with Crippen LogP contribution in [0.2, 0.25) is 0 Å². The number of nitrogens with one attached hydrogen (secondary N) is 3. The third kappa shape index (κ3) is 5.85. The number of alkyl halides is 3. The molecule has 3 N–H and O–H groups in total. The van der Waals surface area contributed by atoms with E-state index < -0.39 is 18.7 Å². The molecule has 31 heavy (non-hydrogen) atoms. The van der Waals surface area contributed by atoms with Gasteiger partial charge in [0.25, 0.3) is 5.91 Å². The van der Waals surface area contributed by atoms with E-state index in [-0.39, 0.29) is 17.8 Å². The molecule has 0 saturated heterocycles. The first-order valence-corrected chi connectivity index (χ1v) is 10.2. The molecule has 4 rings (SSSR count). The predicted molar refractivity (Wildman–Crippen MR) is 111 cm³/mol. The van der Waals surface area contributed by atoms with Crippen molar-refractivity contribution in [2.45, 2.75) is 25.1 Å². The summed E-state index contributed by atoms with van der Waals surface area (Å²) in [4.78, 5) is 28.5. The van der Waals surface area contributed by atoms with Gasteiger partial charge >= 0.3 is 12.2 Å². The van der Waals surface area contributed by atoms with Crippen molar-refractivity contribution in [3.63, 3.8) is 0 Å². The molecule has 0 bridgehead atoms. The van der Waals surface area contributed by atoms with Gasteiger partial charge in [0.05, 0.1) is 10.2 Å². The summed E-state index contributed by atoms with van der Waals surface area (Å²) in [5.41, 5.74) is 1.45. The molecule has 11 heteroatoms. The number of ether oxygens (including phenoxy) is 1. The van der Waals surface area contributed by atoms with Crippen LogP contribution >= 0.6 is 11.3 Å². The Morgan fingerprint density at radius 2 is 1.84 bits per heavy atom. The van der Waals surface area contributed by atoms with Gasteiger partial charge in [0.2, 0.25) is 0 Å². The van der Waals surface area contributed by atoms with E-state index in [4.69, 9.17) is 4.74 Å². The highest BCUT2D eigenvalue weighted by Gasteiger charge is 2.28. The van der Waals surface area contributed by atoms with Gasteiger partial charge in [-0.05, 0) is 55.3 Å². The molecular formula is C20H17F3N4O3S. The summed E-state index contributed by atoms with van der Waals surface area (Å²) < 4.78 is 42.2. The third-order valence-corrected chi connectivity index (χ3v) is 5.23. The number of carbonyl (C=O) groups excluding carboxylic acids is 2. The second kappa shape index (κ2) is 8.42. The molecule has 3 aromatic rings. The van der Waals surface area contributed by atoms with E-state index in [0.29, 0.717) is 26.6 Å². The molecule has 0 aliphatic heterocycles. The molecule has 0 atom stereocenters. The Bertz CT molecular complexity index is 1110. The lowest BCUT2D eigenvalue weighted by atomic mass is 10.2. The zero-order chi connectivity index (χ0) is 22.0. The lowest BCUT2D eigenvalue weighted by molar-refractivity contribution is -0.153. The highest BCUT2D eigenvalue weighted by Crippen LogP contribution is 2.30. The Morgan fingerprint density at radius 3 is 2.52 bits per heavy atom. The Hall–Kier alpha value is -3.34. The van der Waals surface area contributed by atoms with Gasteiger partial charge in [0.15, 0.2) is 11.7 Å². The largest absolute Gasteiger partial charge is 0.484 e. The molecule has 2 aromatic carbocycles. The zero-order valence-corrected chi connectivity index (χ0v) is 16.8. The van der Waals surface area contributed by atoms with Gasteiger partial charge in [-0.15, -0.1) is 0 Å². The van der Waals surface area contributed by atoms with Crippen molar-refractivity contribution in [2.24, 2.45) is 0 Å². The van der Waals surface area contributed by atoms with Crippen LogP contribution in [0.15, 0.2) is 42.5 Å². The van der Waals surface area contributed by atoms with Gasteiger partial charge in [0, 0.05) is 17.3 Å². The quantitative estimate of drug-likeness (QED) is 0.504. The normalized spacial score (nSPS) is 13.6. The molecule has 1 fully saturated rings. The maximum Gasteiger partial charge on any atom is 0.422 e. The van der Waals surface area contributed by atoms with Crippen LogP contribution in [-0.2, 0) is 0 Å². The van der Waals surface area contributed by atoms with Crippen molar-refractivity contribution in [3.05, 3.63) is 48.0 Å². The first-order chi connectivity index (χ1) is 14.7. The molecule has 7 nitrogen and oxygen atoms in total. The van der Waals surface area contributed by atoms with Crippen LogP contribution in [0, 0.1) is 0 Å². The summed E-state index contributed by atoms with van der Waals surface area (Å²) in [5.74, 6) is -0.332. The number of aromatic nitrogens is 1. The monoisotopic (exact) mass is 450 g/mol. The van der Waals surface area contributed by atoms with E-state index >= 15 is 0 Å². The SMILES string of the molecule is O=C(Nc1ccc(C(=O)Nc2nc3ccc(OCC(F)(F)F)cc3s2)cc1)NC1CC1. The molecule has 1 aromatic heterocycles. The number of urea groups is 1. The van der Waals surface area contributed by atoms with Crippen LogP contribution in [-0.4, -0.2) is 35.7 Å². The number of hydrogen-bond acceptors (Lipinski definition) is 5. The molecule has 162 valence electrons. The topological polar surface area (TPSA) is 92.4 Å². The minimum absolute atomic E-state index is 0.0696. The number of halogens is 3. The molecule has 0 radical (unpaired) electrons. The van der Waals surface area contributed by atoms with Crippen LogP contribution in [0.25, 0.3) is 10.2 Å². The number of amides is 3. The summed E-state index contributed by atoms with van der Waals surface area (Å²) in [6.45, 7) is -1.38. The number of rotatable bonds is 6. The van der Waals surface area contributed by atoms with Crippen LogP contribution in [0.3, 0.4) is 0 Å². The third-order valence-electron chi connectivity index (χ3n) is 4.30. The van der Waals surface area contributed by atoms with Crippen molar-refractivity contribution >= 4 is 44.3 Å². The number of thiazole rings is 1. The smallest absolute Gasteiger partial charge is 0.422 e. The van der Waals surface area contributed by atoms with Gasteiger partial charge in [-0.1, -0.05) is 11.3 Å². The van der Waals surface area contributed by atoms with E-state index in [0.717, 1.165) is 24.2 Å². The number of nitrogens with zero attached hydrogens (tertiary/aromatic N) is 1. The fraction of sp³-hybridized carbons (Fsp3) is 0.250. The average molecular weight is 450 g/mol. The Labute approximate surface area is 178 Å². The number of carbonyl (C=O) groups is 2. The van der Waals surface area contributed by atoms with Crippen molar-refractivity contribution in [3.8, 4) is 5.75 Å². The maximum atomic E-state index is 12.5. The molecule has 1 aliphatic carbocycles. The van der Waals surface area contributed by atoms with Crippen LogP contribution in [0.1, 0.15) is 23.2 Å². The molecular weight excluding hydrogens is 433 g/mol. The number of fused-ring (bicyclic) bond motifs is 1. The summed E-state index contributed by atoms with van der Waals surface area (Å²) in [5, 5.41) is 8.47. The van der Waals surface area contributed by atoms with Crippen molar-refractivity contribution in [1.82, 2.24) is 10.3 Å². The Balaban J connectivity index is 1.37. The summed E-state index contributed by atoms with van der Waals surface area (Å²) in [6.07, 6.45) is -2.45. The van der Waals surface area contributed by atoms with Crippen LogP contribution in [0.5, 0.6) is 5.75 Å². The predicted octanol–water partition coefficient (Wildman–Crippen LogP) is 4.77. The van der Waals surface area contributed by atoms with Gasteiger partial charge in [0.1, 0.15) is 5.75 Å². The van der Waals surface area contributed by atoms with Crippen LogP contribution in [0.4, 0.5) is 28.8 Å². The Kier molecular flexibility index (Phi) is 5.68. The van der Waals surface area contributed by atoms with E-state index in [1.807, 2.05) is 0 Å². The van der Waals surface area contributed by atoms with Crippen molar-refractivity contribution < 1.29 is 27.5 Å².